The predicted molar refractivity (Wildman–Crippen MR) is 65.5 cm³/mol. The Labute approximate surface area is 93.5 Å². The zero-order valence-electron chi connectivity index (χ0n) is 9.96. The van der Waals surface area contributed by atoms with Crippen molar-refractivity contribution in [3.63, 3.8) is 0 Å². The summed E-state index contributed by atoms with van der Waals surface area (Å²) in [6.07, 6.45) is 6.53. The van der Waals surface area contributed by atoms with Crippen molar-refractivity contribution in [1.29, 1.82) is 0 Å². The molecule has 0 fully saturated rings. The van der Waals surface area contributed by atoms with Crippen LogP contribution in [-0.4, -0.2) is 6.61 Å². The minimum atomic E-state index is 0.746. The molecule has 0 aliphatic carbocycles. The van der Waals surface area contributed by atoms with Gasteiger partial charge in [-0.3, -0.25) is 0 Å². The summed E-state index contributed by atoms with van der Waals surface area (Å²) in [5.74, 6) is 0.981. The van der Waals surface area contributed by atoms with Gasteiger partial charge < -0.3 is 4.74 Å². The molecule has 15 heavy (non-hydrogen) atoms. The number of rotatable bonds is 7. The Morgan fingerprint density at radius 3 is 2.27 bits per heavy atom. The Kier molecular flexibility index (Phi) is 5.91. The lowest BCUT2D eigenvalue weighted by molar-refractivity contribution is 0.340. The maximum Gasteiger partial charge on any atom is 0.119 e. The first-order valence-electron chi connectivity index (χ1n) is 6.08. The van der Waals surface area contributed by atoms with Crippen LogP contribution in [0.25, 0.3) is 0 Å². The molecule has 1 nitrogen and oxygen atoms in total. The summed E-state index contributed by atoms with van der Waals surface area (Å²) in [6, 6.07) is 8.49. The molecule has 1 heteroatoms. The van der Waals surface area contributed by atoms with Crippen LogP contribution in [-0.2, 0) is 6.42 Å². The smallest absolute Gasteiger partial charge is 0.119 e. The van der Waals surface area contributed by atoms with Gasteiger partial charge >= 0.3 is 0 Å². The van der Waals surface area contributed by atoms with Gasteiger partial charge in [0.2, 0.25) is 0 Å². The monoisotopic (exact) mass is 206 g/mol. The molecule has 0 heterocycles. The van der Waals surface area contributed by atoms with Crippen molar-refractivity contribution in [3.8, 4) is 5.75 Å². The van der Waals surface area contributed by atoms with Crippen LogP contribution in [0, 0.1) is 0 Å². The summed E-state index contributed by atoms with van der Waals surface area (Å²) < 4.78 is 5.40. The van der Waals surface area contributed by atoms with Crippen LogP contribution in [0.2, 0.25) is 0 Å². The molecule has 0 aliphatic heterocycles. The third-order valence-corrected chi connectivity index (χ3v) is 2.55. The molecule has 0 amide bonds. The first kappa shape index (κ1) is 12.1. The van der Waals surface area contributed by atoms with Crippen LogP contribution in [0.15, 0.2) is 24.3 Å². The van der Waals surface area contributed by atoms with Gasteiger partial charge in [0.1, 0.15) is 5.75 Å². The van der Waals surface area contributed by atoms with Crippen molar-refractivity contribution in [2.24, 2.45) is 0 Å². The highest BCUT2D eigenvalue weighted by molar-refractivity contribution is 5.27. The fourth-order valence-electron chi connectivity index (χ4n) is 1.67. The zero-order chi connectivity index (χ0) is 10.9. The molecule has 0 radical (unpaired) electrons. The average Bonchev–Trinajstić information content (AvgIpc) is 2.27. The van der Waals surface area contributed by atoms with Gasteiger partial charge in [-0.2, -0.15) is 0 Å². The van der Waals surface area contributed by atoms with Gasteiger partial charge in [-0.1, -0.05) is 38.3 Å². The Morgan fingerprint density at radius 2 is 1.67 bits per heavy atom. The maximum atomic E-state index is 5.40. The summed E-state index contributed by atoms with van der Waals surface area (Å²) in [4.78, 5) is 0. The Morgan fingerprint density at radius 1 is 0.933 bits per heavy atom. The van der Waals surface area contributed by atoms with Crippen molar-refractivity contribution >= 4 is 0 Å². The molecular formula is C14H22O. The fourth-order valence-corrected chi connectivity index (χ4v) is 1.67. The highest BCUT2D eigenvalue weighted by Gasteiger charge is 1.95. The van der Waals surface area contributed by atoms with E-state index < -0.39 is 0 Å². The molecule has 0 bridgehead atoms. The normalized spacial score (nSPS) is 10.3. The number of benzene rings is 1. The van der Waals surface area contributed by atoms with Crippen LogP contribution in [0.1, 0.15) is 45.1 Å². The number of aryl methyl sites for hydroxylation is 1. The van der Waals surface area contributed by atoms with Gasteiger partial charge in [0, 0.05) is 0 Å². The van der Waals surface area contributed by atoms with E-state index in [2.05, 4.69) is 31.2 Å². The highest BCUT2D eigenvalue weighted by Crippen LogP contribution is 2.14. The van der Waals surface area contributed by atoms with Crippen LogP contribution in [0.4, 0.5) is 0 Å². The summed E-state index contributed by atoms with van der Waals surface area (Å²) in [5, 5.41) is 0. The van der Waals surface area contributed by atoms with Crippen LogP contribution in [0.5, 0.6) is 5.75 Å². The molecular weight excluding hydrogens is 184 g/mol. The number of hydrogen-bond acceptors (Lipinski definition) is 1. The van der Waals surface area contributed by atoms with E-state index in [1.165, 1.54) is 37.7 Å². The molecule has 0 aromatic heterocycles. The Hall–Kier alpha value is -0.980. The van der Waals surface area contributed by atoms with Gasteiger partial charge in [0.25, 0.3) is 0 Å². The van der Waals surface area contributed by atoms with Crippen molar-refractivity contribution < 1.29 is 4.74 Å². The van der Waals surface area contributed by atoms with E-state index in [-0.39, 0.29) is 0 Å². The number of ether oxygens (including phenoxy) is 1. The topological polar surface area (TPSA) is 9.23 Å². The molecule has 0 N–H and O–H groups in total. The Balaban J connectivity index is 2.29. The van der Waals surface area contributed by atoms with E-state index in [9.17, 15) is 0 Å². The van der Waals surface area contributed by atoms with E-state index in [0.717, 1.165) is 12.4 Å². The van der Waals surface area contributed by atoms with Gasteiger partial charge in [-0.25, -0.2) is 0 Å². The fraction of sp³-hybridized carbons (Fsp3) is 0.571. The van der Waals surface area contributed by atoms with E-state index in [0.29, 0.717) is 0 Å². The molecule has 1 aromatic rings. The molecule has 0 saturated heterocycles. The SMILES string of the molecule is CCCCCCc1ccc(OCC)cc1. The summed E-state index contributed by atoms with van der Waals surface area (Å²) in [5.41, 5.74) is 1.43. The van der Waals surface area contributed by atoms with E-state index in [1.807, 2.05) is 6.92 Å². The van der Waals surface area contributed by atoms with Gasteiger partial charge in [-0.15, -0.1) is 0 Å². The Bertz CT molecular complexity index is 251. The molecule has 0 aliphatic rings. The third-order valence-electron chi connectivity index (χ3n) is 2.55. The van der Waals surface area contributed by atoms with E-state index >= 15 is 0 Å². The molecule has 1 aromatic carbocycles. The largest absolute Gasteiger partial charge is 0.494 e. The molecule has 0 spiro atoms. The second kappa shape index (κ2) is 7.33. The minimum Gasteiger partial charge on any atom is -0.494 e. The summed E-state index contributed by atoms with van der Waals surface area (Å²) >= 11 is 0. The molecule has 0 atom stereocenters. The lowest BCUT2D eigenvalue weighted by Crippen LogP contribution is -1.91. The second-order valence-electron chi connectivity index (χ2n) is 3.89. The van der Waals surface area contributed by atoms with Crippen molar-refractivity contribution in [2.75, 3.05) is 6.61 Å². The van der Waals surface area contributed by atoms with Crippen LogP contribution in [0.3, 0.4) is 0 Å². The van der Waals surface area contributed by atoms with Gasteiger partial charge in [-0.05, 0) is 37.5 Å². The lowest BCUT2D eigenvalue weighted by atomic mass is 10.1. The van der Waals surface area contributed by atoms with Gasteiger partial charge in [0.05, 0.1) is 6.61 Å². The maximum absolute atomic E-state index is 5.40. The second-order valence-corrected chi connectivity index (χ2v) is 3.89. The van der Waals surface area contributed by atoms with Crippen molar-refractivity contribution in [1.82, 2.24) is 0 Å². The van der Waals surface area contributed by atoms with Crippen LogP contribution >= 0.6 is 0 Å². The standard InChI is InChI=1S/C14H22O/c1-3-5-6-7-8-13-9-11-14(12-10-13)15-4-2/h9-12H,3-8H2,1-2H3. The number of unbranched alkanes of at least 4 members (excludes halogenated alkanes) is 3. The molecule has 0 saturated carbocycles. The van der Waals surface area contributed by atoms with E-state index in [4.69, 9.17) is 4.74 Å². The minimum absolute atomic E-state index is 0.746. The van der Waals surface area contributed by atoms with Crippen LogP contribution < -0.4 is 4.74 Å². The van der Waals surface area contributed by atoms with Gasteiger partial charge in [0.15, 0.2) is 0 Å². The summed E-state index contributed by atoms with van der Waals surface area (Å²) in [7, 11) is 0. The average molecular weight is 206 g/mol. The summed E-state index contributed by atoms with van der Waals surface area (Å²) in [6.45, 7) is 5.01. The van der Waals surface area contributed by atoms with Crippen molar-refractivity contribution in [3.05, 3.63) is 29.8 Å². The first-order chi connectivity index (χ1) is 7.36. The predicted octanol–water partition coefficient (Wildman–Crippen LogP) is 4.21. The lowest BCUT2D eigenvalue weighted by Gasteiger charge is -2.04. The third kappa shape index (κ3) is 4.87. The molecule has 1 rings (SSSR count). The molecule has 0 unspecified atom stereocenters. The van der Waals surface area contributed by atoms with Crippen molar-refractivity contribution in [2.45, 2.75) is 46.0 Å². The first-order valence-corrected chi connectivity index (χ1v) is 6.08. The quantitative estimate of drug-likeness (QED) is 0.607. The zero-order valence-corrected chi connectivity index (χ0v) is 9.96. The van der Waals surface area contributed by atoms with E-state index in [1.54, 1.807) is 0 Å². The molecule has 84 valence electrons. The highest BCUT2D eigenvalue weighted by atomic mass is 16.5. The number of hydrogen-bond donors (Lipinski definition) is 0.